The maximum Gasteiger partial charge on any atom is 0.227 e. The Hall–Kier alpha value is -1.95. The molecule has 2 amide bonds. The first-order chi connectivity index (χ1) is 11.4. The molecule has 5 nitrogen and oxygen atoms in total. The lowest BCUT2D eigenvalue weighted by Crippen LogP contribution is -2.51. The lowest BCUT2D eigenvalue weighted by molar-refractivity contribution is -0.128. The topological polar surface area (TPSA) is 69.6 Å². The summed E-state index contributed by atoms with van der Waals surface area (Å²) in [4.78, 5) is 26.4. The summed E-state index contributed by atoms with van der Waals surface area (Å²) < 4.78 is 13.4. The number of aliphatic hydroxyl groups is 1. The zero-order chi connectivity index (χ0) is 17.3. The Morgan fingerprint density at radius 3 is 2.75 bits per heavy atom. The Bertz CT molecular complexity index is 656. The summed E-state index contributed by atoms with van der Waals surface area (Å²) in [6.45, 7) is 1.87. The van der Waals surface area contributed by atoms with Crippen LogP contribution in [0.2, 0.25) is 0 Å². The first-order valence-corrected chi connectivity index (χ1v) is 8.43. The van der Waals surface area contributed by atoms with E-state index in [1.54, 1.807) is 19.1 Å². The van der Waals surface area contributed by atoms with Crippen molar-refractivity contribution in [1.29, 1.82) is 0 Å². The number of aryl methyl sites for hydroxylation is 1. The predicted octanol–water partition coefficient (Wildman–Crippen LogP) is 1.91. The van der Waals surface area contributed by atoms with Gasteiger partial charge in [-0.3, -0.25) is 9.59 Å². The fourth-order valence-corrected chi connectivity index (χ4v) is 3.67. The van der Waals surface area contributed by atoms with Gasteiger partial charge in [0.05, 0.1) is 18.1 Å². The summed E-state index contributed by atoms with van der Waals surface area (Å²) in [5, 5.41) is 12.6. The number of rotatable bonds is 4. The molecule has 1 aromatic carbocycles. The van der Waals surface area contributed by atoms with Crippen LogP contribution in [0.5, 0.6) is 0 Å². The average molecular weight is 334 g/mol. The van der Waals surface area contributed by atoms with E-state index in [9.17, 15) is 19.1 Å². The quantitative estimate of drug-likeness (QED) is 0.884. The monoisotopic (exact) mass is 334 g/mol. The molecule has 2 aliphatic rings. The highest BCUT2D eigenvalue weighted by Crippen LogP contribution is 2.31. The van der Waals surface area contributed by atoms with Crippen LogP contribution in [0.1, 0.15) is 37.7 Å². The number of hydrogen-bond donors (Lipinski definition) is 2. The minimum absolute atomic E-state index is 0.0692. The predicted molar refractivity (Wildman–Crippen MR) is 88.0 cm³/mol. The van der Waals surface area contributed by atoms with Crippen LogP contribution in [0.3, 0.4) is 0 Å². The minimum atomic E-state index is -0.528. The van der Waals surface area contributed by atoms with Gasteiger partial charge in [-0.15, -0.1) is 0 Å². The Balaban J connectivity index is 1.69. The number of aliphatic hydroxyl groups excluding tert-OH is 1. The summed E-state index contributed by atoms with van der Waals surface area (Å²) in [6, 6.07) is 4.52. The molecule has 2 N–H and O–H groups in total. The third-order valence-electron chi connectivity index (χ3n) is 5.20. The largest absolute Gasteiger partial charge is 0.394 e. The number of benzene rings is 1. The van der Waals surface area contributed by atoms with Crippen LogP contribution in [0, 0.1) is 18.7 Å². The van der Waals surface area contributed by atoms with Gasteiger partial charge in [0.2, 0.25) is 11.8 Å². The number of hydrogen-bond acceptors (Lipinski definition) is 3. The Morgan fingerprint density at radius 2 is 2.12 bits per heavy atom. The van der Waals surface area contributed by atoms with Crippen LogP contribution in [-0.2, 0) is 9.59 Å². The van der Waals surface area contributed by atoms with Gasteiger partial charge in [-0.05, 0) is 43.5 Å². The number of amides is 2. The van der Waals surface area contributed by atoms with Crippen molar-refractivity contribution in [2.45, 2.75) is 44.6 Å². The Labute approximate surface area is 140 Å². The van der Waals surface area contributed by atoms with Crippen LogP contribution in [0.15, 0.2) is 18.2 Å². The summed E-state index contributed by atoms with van der Waals surface area (Å²) in [7, 11) is 0. The van der Waals surface area contributed by atoms with Gasteiger partial charge in [-0.25, -0.2) is 4.39 Å². The van der Waals surface area contributed by atoms with Gasteiger partial charge in [-0.1, -0.05) is 12.8 Å². The van der Waals surface area contributed by atoms with E-state index < -0.39 is 11.5 Å². The number of halogens is 1. The number of carbonyl (C=O) groups excluding carboxylic acids is 2. The third-order valence-corrected chi connectivity index (χ3v) is 5.20. The van der Waals surface area contributed by atoms with Crippen molar-refractivity contribution in [3.63, 3.8) is 0 Å². The lowest BCUT2D eigenvalue weighted by Gasteiger charge is -2.29. The fraction of sp³-hybridized carbons (Fsp3) is 0.556. The van der Waals surface area contributed by atoms with Crippen molar-refractivity contribution < 1.29 is 19.1 Å². The molecule has 1 saturated heterocycles. The van der Waals surface area contributed by atoms with E-state index >= 15 is 0 Å². The standard InChI is InChI=1S/C18H23FN2O3/c1-12-8-14(4-5-15(12)19)21-10-13(9-16(21)23)17(24)20-18(11-22)6-2-3-7-18/h4-5,8,13,22H,2-3,6-7,9-11H2,1H3,(H,20,24). The van der Waals surface area contributed by atoms with Gasteiger partial charge in [0, 0.05) is 18.7 Å². The second-order valence-electron chi connectivity index (χ2n) is 6.97. The van der Waals surface area contributed by atoms with Crippen molar-refractivity contribution in [2.75, 3.05) is 18.1 Å². The fourth-order valence-electron chi connectivity index (χ4n) is 3.67. The van der Waals surface area contributed by atoms with Crippen LogP contribution in [0.4, 0.5) is 10.1 Å². The Morgan fingerprint density at radius 1 is 1.42 bits per heavy atom. The van der Waals surface area contributed by atoms with Crippen molar-refractivity contribution in [1.82, 2.24) is 5.32 Å². The molecule has 1 aliphatic carbocycles. The highest BCUT2D eigenvalue weighted by molar-refractivity contribution is 6.00. The van der Waals surface area contributed by atoms with E-state index in [4.69, 9.17) is 0 Å². The summed E-state index contributed by atoms with van der Waals surface area (Å²) >= 11 is 0. The molecule has 0 spiro atoms. The third kappa shape index (κ3) is 3.15. The van der Waals surface area contributed by atoms with E-state index in [0.717, 1.165) is 25.7 Å². The maximum absolute atomic E-state index is 13.4. The first-order valence-electron chi connectivity index (χ1n) is 8.43. The molecule has 1 saturated carbocycles. The van der Waals surface area contributed by atoms with Gasteiger partial charge in [0.15, 0.2) is 0 Å². The number of anilines is 1. The molecule has 0 bridgehead atoms. The molecule has 1 atom stereocenters. The number of nitrogens with zero attached hydrogens (tertiary/aromatic N) is 1. The second kappa shape index (κ2) is 6.51. The SMILES string of the molecule is Cc1cc(N2CC(C(=O)NC3(CO)CCCC3)CC2=O)ccc1F. The smallest absolute Gasteiger partial charge is 0.227 e. The summed E-state index contributed by atoms with van der Waals surface area (Å²) in [5.74, 6) is -1.07. The van der Waals surface area contributed by atoms with E-state index in [1.165, 1.54) is 11.0 Å². The number of carbonyl (C=O) groups is 2. The summed E-state index contributed by atoms with van der Waals surface area (Å²) in [5.41, 5.74) is 0.561. The molecular formula is C18H23FN2O3. The molecule has 3 rings (SSSR count). The van der Waals surface area contributed by atoms with E-state index in [1.807, 2.05) is 0 Å². The molecule has 1 aliphatic heterocycles. The van der Waals surface area contributed by atoms with E-state index in [2.05, 4.69) is 5.32 Å². The molecule has 1 heterocycles. The van der Waals surface area contributed by atoms with Gasteiger partial charge in [0.1, 0.15) is 5.82 Å². The zero-order valence-electron chi connectivity index (χ0n) is 13.8. The molecule has 1 aromatic rings. The normalized spacial score (nSPS) is 22.9. The van der Waals surface area contributed by atoms with Gasteiger partial charge >= 0.3 is 0 Å². The molecule has 130 valence electrons. The minimum Gasteiger partial charge on any atom is -0.394 e. The molecule has 6 heteroatoms. The van der Waals surface area contributed by atoms with Crippen LogP contribution < -0.4 is 10.2 Å². The van der Waals surface area contributed by atoms with Gasteiger partial charge in [-0.2, -0.15) is 0 Å². The summed E-state index contributed by atoms with van der Waals surface area (Å²) in [6.07, 6.45) is 3.67. The first kappa shape index (κ1) is 16.9. The van der Waals surface area contributed by atoms with Crippen molar-refractivity contribution >= 4 is 17.5 Å². The molecule has 0 aromatic heterocycles. The van der Waals surface area contributed by atoms with Crippen molar-refractivity contribution in [3.05, 3.63) is 29.6 Å². The molecular weight excluding hydrogens is 311 g/mol. The van der Waals surface area contributed by atoms with Crippen LogP contribution >= 0.6 is 0 Å². The average Bonchev–Trinajstić information content (AvgIpc) is 3.17. The molecule has 1 unspecified atom stereocenters. The molecule has 2 fully saturated rings. The van der Waals surface area contributed by atoms with Gasteiger partial charge < -0.3 is 15.3 Å². The van der Waals surface area contributed by atoms with Crippen molar-refractivity contribution in [2.24, 2.45) is 5.92 Å². The Kier molecular flexibility index (Phi) is 4.58. The molecule has 24 heavy (non-hydrogen) atoms. The highest BCUT2D eigenvalue weighted by Gasteiger charge is 2.40. The lowest BCUT2D eigenvalue weighted by atomic mass is 9.97. The van der Waals surface area contributed by atoms with Gasteiger partial charge in [0.25, 0.3) is 0 Å². The molecule has 0 radical (unpaired) electrons. The zero-order valence-corrected chi connectivity index (χ0v) is 13.8. The van der Waals surface area contributed by atoms with Crippen LogP contribution in [0.25, 0.3) is 0 Å². The maximum atomic E-state index is 13.4. The van der Waals surface area contributed by atoms with E-state index in [0.29, 0.717) is 11.3 Å². The van der Waals surface area contributed by atoms with Crippen LogP contribution in [-0.4, -0.2) is 35.6 Å². The highest BCUT2D eigenvalue weighted by atomic mass is 19.1. The van der Waals surface area contributed by atoms with Crippen molar-refractivity contribution in [3.8, 4) is 0 Å². The second-order valence-corrected chi connectivity index (χ2v) is 6.97. The van der Waals surface area contributed by atoms with E-state index in [-0.39, 0.29) is 37.2 Å². The number of nitrogens with one attached hydrogen (secondary N) is 1.